The number of nitrogens with one attached hydrogen (secondary N) is 3. The molecule has 2 rings (SSSR count). The van der Waals surface area contributed by atoms with E-state index < -0.39 is 48.1 Å². The maximum absolute atomic E-state index is 12.6. The maximum Gasteiger partial charge on any atom is 0.325 e. The second-order valence-electron chi connectivity index (χ2n) is 6.76. The second-order valence-corrected chi connectivity index (χ2v) is 6.76. The van der Waals surface area contributed by atoms with Gasteiger partial charge in [-0.05, 0) is 24.6 Å². The third-order valence-electron chi connectivity index (χ3n) is 4.32. The molecule has 9 heteroatoms. The number of hydrogen-bond acceptors (Lipinski definition) is 5. The van der Waals surface area contributed by atoms with Gasteiger partial charge in [0.2, 0.25) is 11.7 Å². The van der Waals surface area contributed by atoms with Gasteiger partial charge in [-0.1, -0.05) is 48.5 Å². The number of ketones is 1. The predicted molar refractivity (Wildman–Crippen MR) is 111 cm³/mol. The van der Waals surface area contributed by atoms with Crippen LogP contribution in [-0.2, 0) is 25.6 Å². The van der Waals surface area contributed by atoms with Crippen LogP contribution in [0.15, 0.2) is 60.7 Å². The minimum absolute atomic E-state index is 0.0208. The van der Waals surface area contributed by atoms with Gasteiger partial charge in [-0.3, -0.25) is 24.0 Å². The molecule has 0 aliphatic rings. The number of rotatable bonds is 10. The smallest absolute Gasteiger partial charge is 0.325 e. The normalized spacial score (nSPS) is 12.2. The van der Waals surface area contributed by atoms with Crippen molar-refractivity contribution in [2.24, 2.45) is 0 Å². The Morgan fingerprint density at radius 3 is 2.03 bits per heavy atom. The van der Waals surface area contributed by atoms with E-state index in [4.69, 9.17) is 5.11 Å². The third-order valence-corrected chi connectivity index (χ3v) is 4.32. The third kappa shape index (κ3) is 7.39. The van der Waals surface area contributed by atoms with Crippen LogP contribution >= 0.6 is 0 Å². The number of hydrogen-bond donors (Lipinski definition) is 4. The summed E-state index contributed by atoms with van der Waals surface area (Å²) in [6.45, 7) is 0.816. The van der Waals surface area contributed by atoms with E-state index in [2.05, 4.69) is 16.0 Å². The number of Topliss-reactive ketones (excluding diaryl/α,β-unsaturated/α-hetero) is 1. The van der Waals surface area contributed by atoms with E-state index in [1.807, 2.05) is 0 Å². The fourth-order valence-corrected chi connectivity index (χ4v) is 2.64. The summed E-state index contributed by atoms with van der Waals surface area (Å²) in [6.07, 6.45) is 0.0208. The number of aliphatic carboxylic acids is 1. The van der Waals surface area contributed by atoms with Gasteiger partial charge in [0.1, 0.15) is 12.1 Å². The fourth-order valence-electron chi connectivity index (χ4n) is 2.64. The molecule has 0 unspecified atom stereocenters. The SMILES string of the molecule is C[C@H](NC(=O)C(=O)[C@H](Cc1ccccc1)NC(=O)CNC(=O)c1ccccc1)C(=O)O. The lowest BCUT2D eigenvalue weighted by molar-refractivity contribution is -0.144. The molecule has 31 heavy (non-hydrogen) atoms. The van der Waals surface area contributed by atoms with E-state index in [9.17, 15) is 24.0 Å². The molecule has 162 valence electrons. The highest BCUT2D eigenvalue weighted by atomic mass is 16.4. The zero-order chi connectivity index (χ0) is 22.8. The van der Waals surface area contributed by atoms with Crippen LogP contribution in [0.25, 0.3) is 0 Å². The number of benzene rings is 2. The Morgan fingerprint density at radius 2 is 1.45 bits per heavy atom. The summed E-state index contributed by atoms with van der Waals surface area (Å²) in [4.78, 5) is 60.1. The van der Waals surface area contributed by atoms with Crippen molar-refractivity contribution in [1.82, 2.24) is 16.0 Å². The first kappa shape index (κ1) is 23.3. The topological polar surface area (TPSA) is 142 Å². The van der Waals surface area contributed by atoms with Crippen molar-refractivity contribution >= 4 is 29.5 Å². The quantitative estimate of drug-likeness (QED) is 0.404. The Balaban J connectivity index is 2.04. The molecule has 0 fully saturated rings. The van der Waals surface area contributed by atoms with E-state index in [1.165, 1.54) is 6.92 Å². The van der Waals surface area contributed by atoms with Crippen LogP contribution in [0.3, 0.4) is 0 Å². The molecule has 4 N–H and O–H groups in total. The van der Waals surface area contributed by atoms with Crippen LogP contribution < -0.4 is 16.0 Å². The van der Waals surface area contributed by atoms with Crippen LogP contribution in [-0.4, -0.2) is 53.2 Å². The molecule has 0 aromatic heterocycles. The molecule has 2 atom stereocenters. The van der Waals surface area contributed by atoms with Crippen LogP contribution in [0.5, 0.6) is 0 Å². The van der Waals surface area contributed by atoms with Gasteiger partial charge in [-0.25, -0.2) is 0 Å². The number of carbonyl (C=O) groups is 5. The van der Waals surface area contributed by atoms with Gasteiger partial charge in [-0.2, -0.15) is 0 Å². The lowest BCUT2D eigenvalue weighted by atomic mass is 10.0. The number of carboxylic acid groups (broad SMARTS) is 1. The Labute approximate surface area is 178 Å². The first-order chi connectivity index (χ1) is 14.8. The highest BCUT2D eigenvalue weighted by Crippen LogP contribution is 2.05. The van der Waals surface area contributed by atoms with Crippen LogP contribution in [0, 0.1) is 0 Å². The summed E-state index contributed by atoms with van der Waals surface area (Å²) in [6, 6.07) is 14.5. The highest BCUT2D eigenvalue weighted by Gasteiger charge is 2.29. The molecule has 0 saturated carbocycles. The fraction of sp³-hybridized carbons (Fsp3) is 0.227. The van der Waals surface area contributed by atoms with Gasteiger partial charge in [0.15, 0.2) is 0 Å². The molecule has 3 amide bonds. The van der Waals surface area contributed by atoms with Crippen LogP contribution in [0.2, 0.25) is 0 Å². The van der Waals surface area contributed by atoms with Gasteiger partial charge in [-0.15, -0.1) is 0 Å². The van der Waals surface area contributed by atoms with Crippen molar-refractivity contribution in [3.05, 3.63) is 71.8 Å². The summed E-state index contributed by atoms with van der Waals surface area (Å²) in [5, 5.41) is 15.9. The van der Waals surface area contributed by atoms with E-state index in [0.717, 1.165) is 0 Å². The molecule has 0 heterocycles. The van der Waals surface area contributed by atoms with Crippen molar-refractivity contribution in [3.8, 4) is 0 Å². The zero-order valence-electron chi connectivity index (χ0n) is 16.8. The minimum Gasteiger partial charge on any atom is -0.480 e. The molecular weight excluding hydrogens is 402 g/mol. The number of carboxylic acids is 1. The van der Waals surface area contributed by atoms with Gasteiger partial charge in [0.25, 0.3) is 11.8 Å². The molecule has 9 nitrogen and oxygen atoms in total. The first-order valence-electron chi connectivity index (χ1n) is 9.52. The zero-order valence-corrected chi connectivity index (χ0v) is 16.8. The lowest BCUT2D eigenvalue weighted by Gasteiger charge is -2.18. The molecule has 2 aromatic rings. The van der Waals surface area contributed by atoms with E-state index in [-0.39, 0.29) is 6.42 Å². The van der Waals surface area contributed by atoms with Crippen molar-refractivity contribution in [2.45, 2.75) is 25.4 Å². The Bertz CT molecular complexity index is 946. The summed E-state index contributed by atoms with van der Waals surface area (Å²) >= 11 is 0. The van der Waals surface area contributed by atoms with Crippen molar-refractivity contribution in [1.29, 1.82) is 0 Å². The number of amides is 3. The lowest BCUT2D eigenvalue weighted by Crippen LogP contribution is -2.52. The van der Waals surface area contributed by atoms with Crippen LogP contribution in [0.1, 0.15) is 22.8 Å². The maximum atomic E-state index is 12.6. The van der Waals surface area contributed by atoms with Crippen molar-refractivity contribution in [3.63, 3.8) is 0 Å². The van der Waals surface area contributed by atoms with Crippen LogP contribution in [0.4, 0.5) is 0 Å². The summed E-state index contributed by atoms with van der Waals surface area (Å²) in [5.41, 5.74) is 1.06. The molecule has 2 aromatic carbocycles. The molecule has 0 aliphatic carbocycles. The first-order valence-corrected chi connectivity index (χ1v) is 9.52. The minimum atomic E-state index is -1.30. The molecule has 0 radical (unpaired) electrons. The largest absolute Gasteiger partial charge is 0.480 e. The van der Waals surface area contributed by atoms with Gasteiger partial charge >= 0.3 is 5.97 Å². The molecule has 0 bridgehead atoms. The molecule has 0 aliphatic heterocycles. The standard InChI is InChI=1S/C22H23N3O6/c1-14(22(30)31)24-21(29)19(27)17(12-15-8-4-2-5-9-15)25-18(26)13-23-20(28)16-10-6-3-7-11-16/h2-11,14,17H,12-13H2,1H3,(H,23,28)(H,24,29)(H,25,26)(H,30,31)/t14-,17-/m0/s1. The highest BCUT2D eigenvalue weighted by molar-refractivity contribution is 6.38. The predicted octanol–water partition coefficient (Wildman–Crippen LogP) is 0.302. The Kier molecular flexibility index (Phi) is 8.44. The van der Waals surface area contributed by atoms with E-state index in [1.54, 1.807) is 60.7 Å². The van der Waals surface area contributed by atoms with E-state index in [0.29, 0.717) is 11.1 Å². The Morgan fingerprint density at radius 1 is 0.871 bits per heavy atom. The molecular formula is C22H23N3O6. The summed E-state index contributed by atoms with van der Waals surface area (Å²) in [5.74, 6) is -4.54. The Hall–Kier alpha value is -4.01. The molecule has 0 spiro atoms. The monoisotopic (exact) mass is 425 g/mol. The van der Waals surface area contributed by atoms with Crippen molar-refractivity contribution in [2.75, 3.05) is 6.54 Å². The van der Waals surface area contributed by atoms with Gasteiger partial charge < -0.3 is 21.1 Å². The van der Waals surface area contributed by atoms with E-state index >= 15 is 0 Å². The van der Waals surface area contributed by atoms with Gasteiger partial charge in [0, 0.05) is 12.0 Å². The number of carbonyl (C=O) groups excluding carboxylic acids is 4. The van der Waals surface area contributed by atoms with Gasteiger partial charge in [0.05, 0.1) is 6.54 Å². The average Bonchev–Trinajstić information content (AvgIpc) is 2.77. The second kappa shape index (κ2) is 11.2. The molecule has 0 saturated heterocycles. The average molecular weight is 425 g/mol. The summed E-state index contributed by atoms with van der Waals surface area (Å²) in [7, 11) is 0. The summed E-state index contributed by atoms with van der Waals surface area (Å²) < 4.78 is 0. The van der Waals surface area contributed by atoms with Crippen molar-refractivity contribution < 1.29 is 29.1 Å².